The summed E-state index contributed by atoms with van der Waals surface area (Å²) in [7, 11) is 0. The summed E-state index contributed by atoms with van der Waals surface area (Å²) in [6, 6.07) is 0. The molecule has 0 aliphatic heterocycles. The molecule has 0 saturated heterocycles. The first kappa shape index (κ1) is 14.5. The van der Waals surface area contributed by atoms with Crippen molar-refractivity contribution in [2.75, 3.05) is 0 Å². The Morgan fingerprint density at radius 3 is 2.76 bits per heavy atom. The lowest BCUT2D eigenvalue weighted by molar-refractivity contribution is -0.131. The third kappa shape index (κ3) is 1.84. The maximum Gasteiger partial charge on any atom is 0.152 e. The van der Waals surface area contributed by atoms with Crippen molar-refractivity contribution in [2.45, 2.75) is 70.0 Å². The molecule has 0 amide bonds. The molecule has 0 aromatic carbocycles. The van der Waals surface area contributed by atoms with Gasteiger partial charge in [-0.2, -0.15) is 0 Å². The van der Waals surface area contributed by atoms with Crippen LogP contribution in [0.3, 0.4) is 0 Å². The van der Waals surface area contributed by atoms with Gasteiger partial charge in [0.25, 0.3) is 0 Å². The van der Waals surface area contributed by atoms with Crippen LogP contribution in [-0.4, -0.2) is 10.6 Å². The molecule has 4 aliphatic carbocycles. The van der Waals surface area contributed by atoms with Gasteiger partial charge in [0.15, 0.2) is 5.78 Å². The Bertz CT molecular complexity index is 510. The molecule has 3 saturated carbocycles. The van der Waals surface area contributed by atoms with Crippen LogP contribution in [0.15, 0.2) is 11.6 Å². The number of halogens is 1. The molecule has 6 atom stereocenters. The second-order valence-corrected chi connectivity index (χ2v) is 9.60. The predicted molar refractivity (Wildman–Crippen MR) is 89.4 cm³/mol. The monoisotopic (exact) mass is 350 g/mol. The van der Waals surface area contributed by atoms with Crippen LogP contribution in [0.1, 0.15) is 65.2 Å². The number of hydrogen-bond acceptors (Lipinski definition) is 1. The molecular weight excluding hydrogens is 324 g/mol. The average Bonchev–Trinajstić information content (AvgIpc) is 2.70. The number of fused-ring (bicyclic) bond motifs is 5. The molecule has 0 heterocycles. The molecule has 1 nitrogen and oxygen atoms in total. The van der Waals surface area contributed by atoms with Gasteiger partial charge in [-0.25, -0.2) is 0 Å². The summed E-state index contributed by atoms with van der Waals surface area (Å²) in [6.07, 6.45) is 12.8. The number of allylic oxidation sites excluding steroid dienone is 2. The summed E-state index contributed by atoms with van der Waals surface area (Å²) in [4.78, 5) is 12.8. The maximum absolute atomic E-state index is 12.6. The van der Waals surface area contributed by atoms with Crippen molar-refractivity contribution in [1.29, 1.82) is 0 Å². The molecule has 0 N–H and O–H groups in total. The predicted octanol–water partition coefficient (Wildman–Crippen LogP) is 5.28. The molecule has 3 fully saturated rings. The first-order valence-corrected chi connectivity index (χ1v) is 9.76. The van der Waals surface area contributed by atoms with E-state index in [0.29, 0.717) is 17.1 Å². The topological polar surface area (TPSA) is 17.1 Å². The molecule has 1 unspecified atom stereocenters. The van der Waals surface area contributed by atoms with E-state index in [1.54, 1.807) is 5.57 Å². The van der Waals surface area contributed by atoms with Gasteiger partial charge >= 0.3 is 0 Å². The van der Waals surface area contributed by atoms with E-state index in [4.69, 9.17) is 0 Å². The van der Waals surface area contributed by atoms with E-state index in [1.807, 2.05) is 0 Å². The minimum atomic E-state index is -0.0360. The van der Waals surface area contributed by atoms with Crippen LogP contribution < -0.4 is 0 Å². The number of rotatable bonds is 0. The maximum atomic E-state index is 12.6. The van der Waals surface area contributed by atoms with Crippen molar-refractivity contribution in [3.63, 3.8) is 0 Å². The van der Waals surface area contributed by atoms with Gasteiger partial charge in [-0.05, 0) is 68.1 Å². The number of Topliss-reactive ketones (excluding diaryl/α,β-unsaturated/α-hetero) is 1. The van der Waals surface area contributed by atoms with E-state index in [2.05, 4.69) is 35.9 Å². The van der Waals surface area contributed by atoms with Gasteiger partial charge in [-0.15, -0.1) is 0 Å². The van der Waals surface area contributed by atoms with Gasteiger partial charge in [0.2, 0.25) is 0 Å². The Balaban J connectivity index is 1.71. The van der Waals surface area contributed by atoms with E-state index in [1.165, 1.54) is 38.5 Å². The van der Waals surface area contributed by atoms with Crippen LogP contribution in [0.5, 0.6) is 0 Å². The van der Waals surface area contributed by atoms with Crippen LogP contribution in [0.2, 0.25) is 0 Å². The molecule has 0 bridgehead atoms. The van der Waals surface area contributed by atoms with E-state index in [-0.39, 0.29) is 10.2 Å². The summed E-state index contributed by atoms with van der Waals surface area (Å²) in [5, 5.41) is 0. The van der Waals surface area contributed by atoms with Gasteiger partial charge in [0.1, 0.15) is 0 Å². The smallest absolute Gasteiger partial charge is 0.152 e. The van der Waals surface area contributed by atoms with Gasteiger partial charge < -0.3 is 0 Å². The average molecular weight is 351 g/mol. The summed E-state index contributed by atoms with van der Waals surface area (Å²) in [5.41, 5.74) is 2.18. The highest BCUT2D eigenvalue weighted by molar-refractivity contribution is 9.10. The zero-order valence-electron chi connectivity index (χ0n) is 13.3. The summed E-state index contributed by atoms with van der Waals surface area (Å²) >= 11 is 3.66. The number of alkyl halides is 1. The second kappa shape index (κ2) is 4.69. The lowest BCUT2D eigenvalue weighted by Crippen LogP contribution is -2.49. The molecule has 4 rings (SSSR count). The lowest BCUT2D eigenvalue weighted by Gasteiger charge is -2.56. The number of carbonyl (C=O) groups is 1. The standard InChI is InChI=1S/C19H27BrO/c1-18-9-4-3-5-12(18)6-7-13-14(18)8-10-19(2)15(13)11-16(20)17(19)21/h6,13-16H,3-5,7-11H2,1-2H3/t13-,14+,15+,16?,18+,19+/m1/s1. The van der Waals surface area contributed by atoms with E-state index in [9.17, 15) is 4.79 Å². The molecular formula is C19H27BrO. The van der Waals surface area contributed by atoms with E-state index in [0.717, 1.165) is 24.7 Å². The second-order valence-electron chi connectivity index (χ2n) is 8.49. The van der Waals surface area contributed by atoms with Gasteiger partial charge in [-0.3, -0.25) is 4.79 Å². The fourth-order valence-corrected chi connectivity index (χ4v) is 7.37. The van der Waals surface area contributed by atoms with Gasteiger partial charge in [0.05, 0.1) is 4.83 Å². The normalized spacial score (nSPS) is 52.7. The fourth-order valence-electron chi connectivity index (χ4n) is 6.45. The Morgan fingerprint density at radius 1 is 1.14 bits per heavy atom. The first-order valence-electron chi connectivity index (χ1n) is 8.85. The summed E-state index contributed by atoms with van der Waals surface area (Å²) in [5.74, 6) is 2.70. The van der Waals surface area contributed by atoms with Crippen LogP contribution >= 0.6 is 15.9 Å². The van der Waals surface area contributed by atoms with Crippen molar-refractivity contribution in [2.24, 2.45) is 28.6 Å². The van der Waals surface area contributed by atoms with Crippen LogP contribution in [0, 0.1) is 28.6 Å². The minimum Gasteiger partial charge on any atom is -0.298 e. The highest BCUT2D eigenvalue weighted by Crippen LogP contribution is 2.64. The van der Waals surface area contributed by atoms with Crippen molar-refractivity contribution < 1.29 is 4.79 Å². The molecule has 0 spiro atoms. The fraction of sp³-hybridized carbons (Fsp3) is 0.842. The molecule has 21 heavy (non-hydrogen) atoms. The number of carbonyl (C=O) groups excluding carboxylic acids is 1. The van der Waals surface area contributed by atoms with Crippen molar-refractivity contribution in [3.05, 3.63) is 11.6 Å². The van der Waals surface area contributed by atoms with Gasteiger partial charge in [-0.1, -0.05) is 47.8 Å². The Morgan fingerprint density at radius 2 is 1.95 bits per heavy atom. The molecule has 0 aromatic rings. The lowest BCUT2D eigenvalue weighted by atomic mass is 9.48. The Labute approximate surface area is 137 Å². The molecule has 116 valence electrons. The Kier molecular flexibility index (Phi) is 3.24. The van der Waals surface area contributed by atoms with Crippen molar-refractivity contribution in [1.82, 2.24) is 0 Å². The van der Waals surface area contributed by atoms with Gasteiger partial charge in [0, 0.05) is 5.41 Å². The molecule has 4 aliphatic rings. The van der Waals surface area contributed by atoms with Crippen molar-refractivity contribution >= 4 is 21.7 Å². The molecule has 2 heteroatoms. The molecule has 0 aromatic heterocycles. The minimum absolute atomic E-state index is 0.0360. The van der Waals surface area contributed by atoms with Crippen LogP contribution in [0.25, 0.3) is 0 Å². The zero-order chi connectivity index (χ0) is 14.8. The van der Waals surface area contributed by atoms with E-state index < -0.39 is 0 Å². The van der Waals surface area contributed by atoms with Crippen LogP contribution in [0.4, 0.5) is 0 Å². The zero-order valence-corrected chi connectivity index (χ0v) is 14.9. The van der Waals surface area contributed by atoms with Crippen LogP contribution in [-0.2, 0) is 4.79 Å². The van der Waals surface area contributed by atoms with E-state index >= 15 is 0 Å². The third-order valence-electron chi connectivity index (χ3n) is 7.72. The SMILES string of the molecule is C[C@]12CCCCC1=CC[C@@H]1[C@@H]2CC[C@]2(C)C(=O)C(Br)C[C@@H]12. The van der Waals surface area contributed by atoms with Crippen molar-refractivity contribution in [3.8, 4) is 0 Å². The third-order valence-corrected chi connectivity index (χ3v) is 8.51. The Hall–Kier alpha value is -0.110. The number of hydrogen-bond donors (Lipinski definition) is 0. The number of ketones is 1. The molecule has 0 radical (unpaired) electrons. The quantitative estimate of drug-likeness (QED) is 0.429. The highest BCUT2D eigenvalue weighted by Gasteiger charge is 2.60. The first-order chi connectivity index (χ1) is 9.97. The largest absolute Gasteiger partial charge is 0.298 e. The summed E-state index contributed by atoms with van der Waals surface area (Å²) in [6.45, 7) is 4.81. The highest BCUT2D eigenvalue weighted by atomic mass is 79.9. The summed E-state index contributed by atoms with van der Waals surface area (Å²) < 4.78 is 0.